The fourth-order valence-corrected chi connectivity index (χ4v) is 7.40. The lowest BCUT2D eigenvalue weighted by Gasteiger charge is -2.24. The number of fused-ring (bicyclic) bond motifs is 1. The quantitative estimate of drug-likeness (QED) is 0.678. The molecule has 0 radical (unpaired) electrons. The lowest BCUT2D eigenvalue weighted by molar-refractivity contribution is -0.137. The fraction of sp³-hybridized carbons (Fsp3) is 0.333. The van der Waals surface area contributed by atoms with Gasteiger partial charge < -0.3 is 15.0 Å². The van der Waals surface area contributed by atoms with Crippen molar-refractivity contribution in [2.45, 2.75) is 17.5 Å². The summed E-state index contributed by atoms with van der Waals surface area (Å²) in [4.78, 5) is 18.9. The highest BCUT2D eigenvalue weighted by atomic mass is 32.2. The van der Waals surface area contributed by atoms with Gasteiger partial charge in [0.25, 0.3) is 0 Å². The summed E-state index contributed by atoms with van der Waals surface area (Å²) in [6.45, 7) is -0.222. The first-order valence-corrected chi connectivity index (χ1v) is 12.6. The van der Waals surface area contributed by atoms with E-state index in [-0.39, 0.29) is 35.0 Å². The molecular formula is C21H20F3N3O4S2. The molecule has 0 spiro atoms. The predicted molar refractivity (Wildman–Crippen MR) is 122 cm³/mol. The maximum absolute atomic E-state index is 13.0. The van der Waals surface area contributed by atoms with Gasteiger partial charge in [0.15, 0.2) is 15.0 Å². The highest BCUT2D eigenvalue weighted by Gasteiger charge is 2.44. The van der Waals surface area contributed by atoms with Crippen molar-refractivity contribution in [3.8, 4) is 5.75 Å². The molecule has 12 heteroatoms. The molecule has 1 fully saturated rings. The van der Waals surface area contributed by atoms with E-state index in [4.69, 9.17) is 4.74 Å². The summed E-state index contributed by atoms with van der Waals surface area (Å²) in [5.41, 5.74) is -0.227. The van der Waals surface area contributed by atoms with Crippen LogP contribution in [0.25, 0.3) is 0 Å². The van der Waals surface area contributed by atoms with Crippen LogP contribution in [0, 0.1) is 0 Å². The minimum atomic E-state index is -4.52. The van der Waals surface area contributed by atoms with Crippen LogP contribution in [-0.4, -0.2) is 55.9 Å². The number of methoxy groups -OCH3 is 1. The lowest BCUT2D eigenvalue weighted by Crippen LogP contribution is -2.36. The Labute approximate surface area is 192 Å². The number of hydrogen-bond donors (Lipinski definition) is 1. The van der Waals surface area contributed by atoms with Crippen LogP contribution in [0.1, 0.15) is 5.56 Å². The van der Waals surface area contributed by atoms with Gasteiger partial charge in [-0.1, -0.05) is 17.8 Å². The number of sulfone groups is 1. The number of amidine groups is 1. The Hall–Kier alpha value is -2.73. The number of carbonyl (C=O) groups is 1. The van der Waals surface area contributed by atoms with Gasteiger partial charge in [-0.05, 0) is 42.5 Å². The van der Waals surface area contributed by atoms with Gasteiger partial charge in [0, 0.05) is 16.6 Å². The van der Waals surface area contributed by atoms with Gasteiger partial charge in [-0.2, -0.15) is 13.2 Å². The molecule has 2 aromatic rings. The normalized spacial score (nSPS) is 21.3. The Morgan fingerprint density at radius 2 is 1.94 bits per heavy atom. The van der Waals surface area contributed by atoms with E-state index in [0.29, 0.717) is 16.6 Å². The van der Waals surface area contributed by atoms with Crippen molar-refractivity contribution < 1.29 is 31.1 Å². The van der Waals surface area contributed by atoms with Gasteiger partial charge in [-0.15, -0.1) is 0 Å². The smallest absolute Gasteiger partial charge is 0.416 e. The van der Waals surface area contributed by atoms with Gasteiger partial charge in [0.05, 0.1) is 30.2 Å². The minimum Gasteiger partial charge on any atom is -0.497 e. The molecule has 1 saturated heterocycles. The lowest BCUT2D eigenvalue weighted by atomic mass is 10.2. The highest BCUT2D eigenvalue weighted by Crippen LogP contribution is 2.37. The molecule has 33 heavy (non-hydrogen) atoms. The van der Waals surface area contributed by atoms with E-state index in [1.54, 1.807) is 29.2 Å². The minimum absolute atomic E-state index is 0.0161. The van der Waals surface area contributed by atoms with Crippen molar-refractivity contribution in [3.63, 3.8) is 0 Å². The standard InChI is InChI=1S/C21H20F3N3O4S2/c1-31-16-7-5-15(6-8-16)27(20-26-17-11-33(29,30)12-18(17)32-20)10-19(28)25-14-4-2-3-13(9-14)21(22,23)24/h2-9,17-18H,10-12H2,1H3,(H,25,28)/t17-,18-/m1/s1. The van der Waals surface area contributed by atoms with E-state index in [0.717, 1.165) is 12.1 Å². The monoisotopic (exact) mass is 499 g/mol. The molecule has 2 aliphatic heterocycles. The summed E-state index contributed by atoms with van der Waals surface area (Å²) in [7, 11) is -1.62. The van der Waals surface area contributed by atoms with Crippen molar-refractivity contribution >= 4 is 44.0 Å². The Morgan fingerprint density at radius 1 is 1.21 bits per heavy atom. The Kier molecular flexibility index (Phi) is 6.32. The van der Waals surface area contributed by atoms with Crippen molar-refractivity contribution in [1.82, 2.24) is 0 Å². The zero-order valence-electron chi connectivity index (χ0n) is 17.4. The van der Waals surface area contributed by atoms with Gasteiger partial charge in [-0.25, -0.2) is 8.42 Å². The van der Waals surface area contributed by atoms with Crippen molar-refractivity contribution in [1.29, 1.82) is 0 Å². The number of rotatable bonds is 5. The third-order valence-corrected chi connectivity index (χ3v) is 8.44. The number of hydrogen-bond acceptors (Lipinski definition) is 7. The number of alkyl halides is 3. The average Bonchev–Trinajstić information content (AvgIpc) is 3.25. The van der Waals surface area contributed by atoms with Crippen LogP contribution in [0.4, 0.5) is 24.5 Å². The molecule has 2 aliphatic rings. The van der Waals surface area contributed by atoms with Crippen LogP contribution in [-0.2, 0) is 20.8 Å². The van der Waals surface area contributed by atoms with Crippen LogP contribution in [0.2, 0.25) is 0 Å². The number of amides is 1. The average molecular weight is 500 g/mol. The molecular weight excluding hydrogens is 479 g/mol. The largest absolute Gasteiger partial charge is 0.497 e. The first-order valence-electron chi connectivity index (χ1n) is 9.88. The van der Waals surface area contributed by atoms with Crippen molar-refractivity contribution in [3.05, 3.63) is 54.1 Å². The fourth-order valence-electron chi connectivity index (χ4n) is 3.62. The molecule has 1 N–H and O–H groups in total. The zero-order chi connectivity index (χ0) is 23.8. The van der Waals surface area contributed by atoms with Gasteiger partial charge in [-0.3, -0.25) is 9.79 Å². The Bertz CT molecular complexity index is 1180. The maximum atomic E-state index is 13.0. The number of nitrogens with one attached hydrogen (secondary N) is 1. The first kappa shape index (κ1) is 23.4. The number of aliphatic imine (C=N–C) groups is 1. The molecule has 1 amide bonds. The molecule has 0 unspecified atom stereocenters. The van der Waals surface area contributed by atoms with Crippen LogP contribution in [0.15, 0.2) is 53.5 Å². The second-order valence-corrected chi connectivity index (χ2v) is 11.0. The SMILES string of the molecule is COc1ccc(N(CC(=O)Nc2cccc(C(F)(F)F)c2)C2=N[C@@H]3CS(=O)(=O)C[C@H]3S2)cc1. The van der Waals surface area contributed by atoms with Crippen LogP contribution in [0.3, 0.4) is 0 Å². The predicted octanol–water partition coefficient (Wildman–Crippen LogP) is 3.43. The third-order valence-electron chi connectivity index (χ3n) is 5.20. The first-order chi connectivity index (χ1) is 15.5. The molecule has 0 aliphatic carbocycles. The molecule has 0 aromatic heterocycles. The van der Waals surface area contributed by atoms with Crippen LogP contribution in [0.5, 0.6) is 5.75 Å². The van der Waals surface area contributed by atoms with Gasteiger partial charge in [0.2, 0.25) is 5.91 Å². The summed E-state index contributed by atoms with van der Waals surface area (Å²) in [6.07, 6.45) is -4.52. The molecule has 2 aromatic carbocycles. The van der Waals surface area contributed by atoms with Crippen molar-refractivity contribution in [2.24, 2.45) is 4.99 Å². The van der Waals surface area contributed by atoms with Gasteiger partial charge >= 0.3 is 6.18 Å². The van der Waals surface area contributed by atoms with E-state index in [2.05, 4.69) is 10.3 Å². The van der Waals surface area contributed by atoms with Crippen LogP contribution < -0.4 is 15.0 Å². The maximum Gasteiger partial charge on any atom is 0.416 e. The summed E-state index contributed by atoms with van der Waals surface area (Å²) >= 11 is 1.29. The summed E-state index contributed by atoms with van der Waals surface area (Å²) in [5.74, 6) is 0.0396. The third kappa shape index (κ3) is 5.44. The molecule has 0 bridgehead atoms. The van der Waals surface area contributed by atoms with E-state index >= 15 is 0 Å². The van der Waals surface area contributed by atoms with Crippen LogP contribution >= 0.6 is 11.8 Å². The Balaban J connectivity index is 1.56. The molecule has 2 heterocycles. The summed E-state index contributed by atoms with van der Waals surface area (Å²) in [6, 6.07) is 10.9. The van der Waals surface area contributed by atoms with Crippen molar-refractivity contribution in [2.75, 3.05) is 35.4 Å². The Morgan fingerprint density at radius 3 is 2.58 bits per heavy atom. The van der Waals surface area contributed by atoms with E-state index in [1.165, 1.54) is 31.0 Å². The molecule has 4 rings (SSSR count). The zero-order valence-corrected chi connectivity index (χ0v) is 19.0. The number of ether oxygens (including phenoxy) is 1. The number of benzene rings is 2. The highest BCUT2D eigenvalue weighted by molar-refractivity contribution is 8.15. The molecule has 0 saturated carbocycles. The topological polar surface area (TPSA) is 88.1 Å². The summed E-state index contributed by atoms with van der Waals surface area (Å²) < 4.78 is 67.9. The number of halogens is 3. The molecule has 2 atom stereocenters. The number of carbonyl (C=O) groups excluding carboxylic acids is 1. The van der Waals surface area contributed by atoms with E-state index in [9.17, 15) is 26.4 Å². The van der Waals surface area contributed by atoms with E-state index in [1.807, 2.05) is 0 Å². The van der Waals surface area contributed by atoms with E-state index < -0.39 is 27.5 Å². The summed E-state index contributed by atoms with van der Waals surface area (Å²) in [5, 5.41) is 2.76. The second-order valence-electron chi connectivity index (χ2n) is 7.62. The van der Waals surface area contributed by atoms with Gasteiger partial charge in [0.1, 0.15) is 12.3 Å². The molecule has 176 valence electrons. The number of nitrogens with zero attached hydrogens (tertiary/aromatic N) is 2. The molecule has 7 nitrogen and oxygen atoms in total. The number of thioether (sulfide) groups is 1. The number of anilines is 2. The second kappa shape index (κ2) is 8.90.